The van der Waals surface area contributed by atoms with Crippen molar-refractivity contribution in [3.05, 3.63) is 48.0 Å². The van der Waals surface area contributed by atoms with Crippen LogP contribution in [-0.4, -0.2) is 18.9 Å². The van der Waals surface area contributed by atoms with E-state index in [0.717, 1.165) is 43.3 Å². The summed E-state index contributed by atoms with van der Waals surface area (Å²) in [5.41, 5.74) is 0.679. The Balaban J connectivity index is 1.98. The molecular formula is C18H21NO. The predicted molar refractivity (Wildman–Crippen MR) is 83.1 cm³/mol. The molecule has 2 heteroatoms. The number of ketones is 1. The van der Waals surface area contributed by atoms with E-state index in [9.17, 15) is 4.79 Å². The van der Waals surface area contributed by atoms with Crippen molar-refractivity contribution in [2.24, 2.45) is 5.41 Å². The third kappa shape index (κ3) is 2.25. The molecule has 0 bridgehead atoms. The molecule has 1 fully saturated rings. The smallest absolute Gasteiger partial charge is 0.170 e. The lowest BCUT2D eigenvalue weighted by molar-refractivity contribution is 0.0802. The molecule has 1 atom stereocenters. The fourth-order valence-electron chi connectivity index (χ4n) is 3.38. The van der Waals surface area contributed by atoms with Gasteiger partial charge in [-0.1, -0.05) is 49.7 Å². The second kappa shape index (κ2) is 5.37. The van der Waals surface area contributed by atoms with Crippen molar-refractivity contribution < 1.29 is 4.79 Å². The Labute approximate surface area is 120 Å². The first-order valence-corrected chi connectivity index (χ1v) is 7.49. The molecule has 1 N–H and O–H groups in total. The summed E-state index contributed by atoms with van der Waals surface area (Å²) >= 11 is 0. The highest BCUT2D eigenvalue weighted by Crippen LogP contribution is 2.35. The number of fused-ring (bicyclic) bond motifs is 1. The molecule has 0 saturated carbocycles. The summed E-state index contributed by atoms with van der Waals surface area (Å²) in [6.45, 7) is 3.94. The van der Waals surface area contributed by atoms with E-state index in [1.54, 1.807) is 0 Å². The van der Waals surface area contributed by atoms with Crippen molar-refractivity contribution in [1.82, 2.24) is 5.32 Å². The van der Waals surface area contributed by atoms with Crippen LogP contribution in [0, 0.1) is 5.41 Å². The van der Waals surface area contributed by atoms with E-state index in [0.29, 0.717) is 5.78 Å². The molecule has 2 aromatic carbocycles. The van der Waals surface area contributed by atoms with Gasteiger partial charge in [-0.25, -0.2) is 0 Å². The van der Waals surface area contributed by atoms with Crippen LogP contribution in [0.25, 0.3) is 10.8 Å². The summed E-state index contributed by atoms with van der Waals surface area (Å²) in [5, 5.41) is 5.71. The first kappa shape index (κ1) is 13.3. The summed E-state index contributed by atoms with van der Waals surface area (Å²) in [4.78, 5) is 13.0. The Kier molecular flexibility index (Phi) is 3.58. The Bertz CT molecular complexity index is 626. The largest absolute Gasteiger partial charge is 0.316 e. The Hall–Kier alpha value is -1.67. The number of nitrogens with one attached hydrogen (secondary N) is 1. The minimum atomic E-state index is -0.183. The van der Waals surface area contributed by atoms with E-state index in [2.05, 4.69) is 30.4 Å². The van der Waals surface area contributed by atoms with E-state index in [-0.39, 0.29) is 5.41 Å². The molecule has 0 aromatic heterocycles. The van der Waals surface area contributed by atoms with E-state index < -0.39 is 0 Å². The fraction of sp³-hybridized carbons (Fsp3) is 0.389. The van der Waals surface area contributed by atoms with E-state index in [4.69, 9.17) is 0 Å². The van der Waals surface area contributed by atoms with Crippen LogP contribution in [0.3, 0.4) is 0 Å². The maximum absolute atomic E-state index is 13.0. The van der Waals surface area contributed by atoms with Crippen LogP contribution in [0.15, 0.2) is 42.5 Å². The molecule has 1 aliphatic heterocycles. The molecule has 2 nitrogen and oxygen atoms in total. The number of Topliss-reactive ketones (excluding diaryl/α,β-unsaturated/α-hetero) is 1. The molecule has 104 valence electrons. The van der Waals surface area contributed by atoms with Crippen LogP contribution in [0.5, 0.6) is 0 Å². The molecule has 3 rings (SSSR count). The quantitative estimate of drug-likeness (QED) is 0.854. The minimum Gasteiger partial charge on any atom is -0.316 e. The van der Waals surface area contributed by atoms with Crippen LogP contribution in [0.1, 0.15) is 36.5 Å². The van der Waals surface area contributed by atoms with Gasteiger partial charge >= 0.3 is 0 Å². The number of carbonyl (C=O) groups is 1. The van der Waals surface area contributed by atoms with Crippen molar-refractivity contribution in [3.63, 3.8) is 0 Å². The molecule has 2 aromatic rings. The summed E-state index contributed by atoms with van der Waals surface area (Å²) in [5.74, 6) is 0.315. The fourth-order valence-corrected chi connectivity index (χ4v) is 3.38. The highest BCUT2D eigenvalue weighted by Gasteiger charge is 2.40. The van der Waals surface area contributed by atoms with Crippen LogP contribution < -0.4 is 5.32 Å². The molecule has 20 heavy (non-hydrogen) atoms. The van der Waals surface area contributed by atoms with Gasteiger partial charge in [0.1, 0.15) is 0 Å². The van der Waals surface area contributed by atoms with Gasteiger partial charge in [0.25, 0.3) is 0 Å². The van der Waals surface area contributed by atoms with Gasteiger partial charge in [0, 0.05) is 17.5 Å². The Morgan fingerprint density at radius 2 is 2.00 bits per heavy atom. The summed E-state index contributed by atoms with van der Waals surface area (Å²) in [6, 6.07) is 14.3. The van der Waals surface area contributed by atoms with Crippen molar-refractivity contribution in [1.29, 1.82) is 0 Å². The molecule has 0 radical (unpaired) electrons. The summed E-state index contributed by atoms with van der Waals surface area (Å²) < 4.78 is 0. The van der Waals surface area contributed by atoms with Crippen molar-refractivity contribution in [3.8, 4) is 0 Å². The normalized spacial score (nSPS) is 22.2. The van der Waals surface area contributed by atoms with Gasteiger partial charge in [-0.3, -0.25) is 4.79 Å². The zero-order chi connectivity index (χ0) is 14.0. The number of rotatable bonds is 4. The molecule has 1 saturated heterocycles. The van der Waals surface area contributed by atoms with Gasteiger partial charge in [-0.05, 0) is 36.2 Å². The number of carbonyl (C=O) groups excluding carboxylic acids is 1. The topological polar surface area (TPSA) is 29.1 Å². The second-order valence-electron chi connectivity index (χ2n) is 5.85. The average Bonchev–Trinajstić information content (AvgIpc) is 2.96. The maximum Gasteiger partial charge on any atom is 0.170 e. The third-order valence-electron chi connectivity index (χ3n) is 4.47. The standard InChI is InChI=1S/C18H21NO/c1-2-9-18(10-11-19-13-18)17(20)16-8-7-14-5-3-4-6-15(14)12-16/h3-8,12,19H,2,9-11,13H2,1H3. The lowest BCUT2D eigenvalue weighted by Gasteiger charge is -2.26. The molecule has 1 heterocycles. The van der Waals surface area contributed by atoms with E-state index in [1.807, 2.05) is 24.3 Å². The lowest BCUT2D eigenvalue weighted by Crippen LogP contribution is -2.33. The van der Waals surface area contributed by atoms with E-state index >= 15 is 0 Å². The molecular weight excluding hydrogens is 246 g/mol. The average molecular weight is 267 g/mol. The highest BCUT2D eigenvalue weighted by atomic mass is 16.1. The van der Waals surface area contributed by atoms with Crippen molar-refractivity contribution in [2.75, 3.05) is 13.1 Å². The Morgan fingerprint density at radius 3 is 2.70 bits per heavy atom. The Morgan fingerprint density at radius 1 is 1.20 bits per heavy atom. The first-order valence-electron chi connectivity index (χ1n) is 7.49. The number of hydrogen-bond acceptors (Lipinski definition) is 2. The highest BCUT2D eigenvalue weighted by molar-refractivity contribution is 6.03. The number of hydrogen-bond donors (Lipinski definition) is 1. The molecule has 0 amide bonds. The SMILES string of the molecule is CCCC1(C(=O)c2ccc3ccccc3c2)CCNC1. The zero-order valence-electron chi connectivity index (χ0n) is 12.0. The third-order valence-corrected chi connectivity index (χ3v) is 4.47. The minimum absolute atomic E-state index is 0.183. The first-order chi connectivity index (χ1) is 9.75. The van der Waals surface area contributed by atoms with Crippen molar-refractivity contribution >= 4 is 16.6 Å². The van der Waals surface area contributed by atoms with Crippen molar-refractivity contribution in [2.45, 2.75) is 26.2 Å². The van der Waals surface area contributed by atoms with Gasteiger partial charge in [0.2, 0.25) is 0 Å². The maximum atomic E-state index is 13.0. The molecule has 1 unspecified atom stereocenters. The molecule has 1 aliphatic rings. The monoisotopic (exact) mass is 267 g/mol. The van der Waals surface area contributed by atoms with Crippen LogP contribution in [0.2, 0.25) is 0 Å². The van der Waals surface area contributed by atoms with E-state index in [1.165, 1.54) is 5.39 Å². The summed E-state index contributed by atoms with van der Waals surface area (Å²) in [6.07, 6.45) is 3.00. The van der Waals surface area contributed by atoms with Gasteiger partial charge < -0.3 is 5.32 Å². The lowest BCUT2D eigenvalue weighted by atomic mass is 9.76. The van der Waals surface area contributed by atoms with Gasteiger partial charge in [-0.15, -0.1) is 0 Å². The second-order valence-corrected chi connectivity index (χ2v) is 5.85. The summed E-state index contributed by atoms with van der Waals surface area (Å²) in [7, 11) is 0. The van der Waals surface area contributed by atoms with Crippen LogP contribution in [0.4, 0.5) is 0 Å². The van der Waals surface area contributed by atoms with Gasteiger partial charge in [0.05, 0.1) is 0 Å². The van der Waals surface area contributed by atoms with Gasteiger partial charge in [0.15, 0.2) is 5.78 Å². The number of benzene rings is 2. The zero-order valence-corrected chi connectivity index (χ0v) is 12.0. The van der Waals surface area contributed by atoms with Gasteiger partial charge in [-0.2, -0.15) is 0 Å². The van der Waals surface area contributed by atoms with Crippen LogP contribution in [-0.2, 0) is 0 Å². The molecule has 0 spiro atoms. The molecule has 0 aliphatic carbocycles. The predicted octanol–water partition coefficient (Wildman–Crippen LogP) is 3.80. The van der Waals surface area contributed by atoms with Crippen LogP contribution >= 0.6 is 0 Å².